The molecule has 1 aromatic heterocycles. The molecule has 1 heterocycles. The summed E-state index contributed by atoms with van der Waals surface area (Å²) in [6.45, 7) is 8.87. The molecule has 0 radical (unpaired) electrons. The first-order valence-corrected chi connectivity index (χ1v) is 4.99. The number of aromatic nitrogens is 1. The summed E-state index contributed by atoms with van der Waals surface area (Å²) in [5.41, 5.74) is 2.81. The number of rotatable bonds is 3. The fourth-order valence-electron chi connectivity index (χ4n) is 1.74. The van der Waals surface area contributed by atoms with Gasteiger partial charge in [-0.05, 0) is 36.5 Å². The minimum absolute atomic E-state index is 0.294. The zero-order valence-corrected chi connectivity index (χ0v) is 9.09. The highest BCUT2D eigenvalue weighted by atomic mass is 14.6. The Kier molecular flexibility index (Phi) is 3.07. The van der Waals surface area contributed by atoms with E-state index in [2.05, 4.69) is 37.9 Å². The maximum Gasteiger partial charge on any atom is 0.0375 e. The van der Waals surface area contributed by atoms with E-state index in [4.69, 9.17) is 0 Å². The van der Waals surface area contributed by atoms with Crippen molar-refractivity contribution in [2.45, 2.75) is 46.0 Å². The smallest absolute Gasteiger partial charge is 0.0375 e. The van der Waals surface area contributed by atoms with Crippen LogP contribution in [0.4, 0.5) is 0 Å². The minimum Gasteiger partial charge on any atom is -0.262 e. The summed E-state index contributed by atoms with van der Waals surface area (Å²) in [5.74, 6) is 0. The van der Waals surface area contributed by atoms with Crippen molar-refractivity contribution in [3.63, 3.8) is 0 Å². The summed E-state index contributed by atoms with van der Waals surface area (Å²) in [7, 11) is 0. The van der Waals surface area contributed by atoms with Crippen LogP contribution in [-0.2, 0) is 5.41 Å². The molecular formula is C12H19N. The van der Waals surface area contributed by atoms with Crippen LogP contribution in [0.15, 0.2) is 18.3 Å². The van der Waals surface area contributed by atoms with Gasteiger partial charge in [0.2, 0.25) is 0 Å². The molecule has 1 aromatic rings. The second kappa shape index (κ2) is 3.91. The van der Waals surface area contributed by atoms with Crippen molar-refractivity contribution in [3.05, 3.63) is 29.6 Å². The van der Waals surface area contributed by atoms with Crippen LogP contribution in [0, 0.1) is 6.92 Å². The summed E-state index contributed by atoms with van der Waals surface area (Å²) >= 11 is 0. The summed E-state index contributed by atoms with van der Waals surface area (Å²) in [4.78, 5) is 4.21. The summed E-state index contributed by atoms with van der Waals surface area (Å²) in [6, 6.07) is 4.32. The Morgan fingerprint density at radius 2 is 2.08 bits per heavy atom. The van der Waals surface area contributed by atoms with E-state index in [0.29, 0.717) is 5.41 Å². The number of nitrogens with zero attached hydrogens (tertiary/aromatic N) is 1. The largest absolute Gasteiger partial charge is 0.262 e. The van der Waals surface area contributed by atoms with Gasteiger partial charge in [0.25, 0.3) is 0 Å². The Hall–Kier alpha value is -0.850. The third kappa shape index (κ3) is 2.55. The van der Waals surface area contributed by atoms with Gasteiger partial charge in [-0.15, -0.1) is 0 Å². The normalized spacial score (nSPS) is 11.7. The van der Waals surface area contributed by atoms with Crippen LogP contribution < -0.4 is 0 Å². The van der Waals surface area contributed by atoms with Crippen LogP contribution in [0.1, 0.15) is 44.9 Å². The maximum atomic E-state index is 4.21. The molecule has 0 fully saturated rings. The van der Waals surface area contributed by atoms with Gasteiger partial charge in [0.1, 0.15) is 0 Å². The maximum absolute atomic E-state index is 4.21. The third-order valence-electron chi connectivity index (χ3n) is 2.55. The quantitative estimate of drug-likeness (QED) is 0.689. The molecule has 0 saturated carbocycles. The molecule has 0 aliphatic rings. The van der Waals surface area contributed by atoms with Gasteiger partial charge in [-0.3, -0.25) is 4.98 Å². The Morgan fingerprint density at radius 3 is 2.62 bits per heavy atom. The van der Waals surface area contributed by atoms with Crippen molar-refractivity contribution in [1.82, 2.24) is 4.98 Å². The first-order chi connectivity index (χ1) is 6.06. The van der Waals surface area contributed by atoms with E-state index in [0.717, 1.165) is 5.69 Å². The van der Waals surface area contributed by atoms with Crippen molar-refractivity contribution in [3.8, 4) is 0 Å². The predicted octanol–water partition coefficient (Wildman–Crippen LogP) is 3.47. The molecule has 1 nitrogen and oxygen atoms in total. The zero-order valence-electron chi connectivity index (χ0n) is 9.09. The van der Waals surface area contributed by atoms with Crippen molar-refractivity contribution in [1.29, 1.82) is 0 Å². The molecule has 0 aliphatic heterocycles. The van der Waals surface area contributed by atoms with Crippen molar-refractivity contribution >= 4 is 0 Å². The topological polar surface area (TPSA) is 12.9 Å². The summed E-state index contributed by atoms with van der Waals surface area (Å²) in [6.07, 6.45) is 4.37. The molecule has 0 aliphatic carbocycles. The van der Waals surface area contributed by atoms with Gasteiger partial charge < -0.3 is 0 Å². The first-order valence-electron chi connectivity index (χ1n) is 4.99. The molecule has 0 spiro atoms. The highest BCUT2D eigenvalue weighted by Gasteiger charge is 2.18. The standard InChI is InChI=1S/C12H19N/c1-5-7-12(3,4)11-6-8-13-10(2)9-11/h6,8-9H,5,7H2,1-4H3. The van der Waals surface area contributed by atoms with Gasteiger partial charge >= 0.3 is 0 Å². The molecule has 1 heteroatoms. The van der Waals surface area contributed by atoms with E-state index >= 15 is 0 Å². The van der Waals surface area contributed by atoms with E-state index in [1.165, 1.54) is 18.4 Å². The first kappa shape index (κ1) is 10.2. The average Bonchev–Trinajstić information content (AvgIpc) is 2.04. The predicted molar refractivity (Wildman–Crippen MR) is 56.9 cm³/mol. The van der Waals surface area contributed by atoms with Gasteiger partial charge in [0.05, 0.1) is 0 Å². The third-order valence-corrected chi connectivity index (χ3v) is 2.55. The Morgan fingerprint density at radius 1 is 1.38 bits per heavy atom. The fourth-order valence-corrected chi connectivity index (χ4v) is 1.74. The van der Waals surface area contributed by atoms with E-state index < -0.39 is 0 Å². The van der Waals surface area contributed by atoms with E-state index in [-0.39, 0.29) is 0 Å². The van der Waals surface area contributed by atoms with Crippen LogP contribution in [0.5, 0.6) is 0 Å². The van der Waals surface area contributed by atoms with Crippen LogP contribution in [-0.4, -0.2) is 4.98 Å². The van der Waals surface area contributed by atoms with E-state index in [9.17, 15) is 0 Å². The Balaban J connectivity index is 2.93. The second-order valence-electron chi connectivity index (χ2n) is 4.32. The van der Waals surface area contributed by atoms with Crippen molar-refractivity contribution in [2.24, 2.45) is 0 Å². The summed E-state index contributed by atoms with van der Waals surface area (Å²) < 4.78 is 0. The molecule has 0 bridgehead atoms. The molecule has 0 amide bonds. The lowest BCUT2D eigenvalue weighted by molar-refractivity contribution is 0.472. The SMILES string of the molecule is CCCC(C)(C)c1ccnc(C)c1. The van der Waals surface area contributed by atoms with E-state index in [1.54, 1.807) is 0 Å². The van der Waals surface area contributed by atoms with Crippen LogP contribution in [0.3, 0.4) is 0 Å². The number of hydrogen-bond donors (Lipinski definition) is 0. The van der Waals surface area contributed by atoms with Gasteiger partial charge in [0.15, 0.2) is 0 Å². The lowest BCUT2D eigenvalue weighted by atomic mass is 9.81. The van der Waals surface area contributed by atoms with Gasteiger partial charge in [0, 0.05) is 11.9 Å². The number of hydrogen-bond acceptors (Lipinski definition) is 1. The Bertz CT molecular complexity index is 276. The lowest BCUT2D eigenvalue weighted by Gasteiger charge is -2.24. The second-order valence-corrected chi connectivity index (χ2v) is 4.32. The van der Waals surface area contributed by atoms with Gasteiger partial charge in [-0.25, -0.2) is 0 Å². The molecule has 0 atom stereocenters. The van der Waals surface area contributed by atoms with Crippen molar-refractivity contribution < 1.29 is 0 Å². The monoisotopic (exact) mass is 177 g/mol. The van der Waals surface area contributed by atoms with Crippen LogP contribution >= 0.6 is 0 Å². The molecular weight excluding hydrogens is 158 g/mol. The molecule has 0 saturated heterocycles. The molecule has 13 heavy (non-hydrogen) atoms. The number of aryl methyl sites for hydroxylation is 1. The molecule has 0 aromatic carbocycles. The lowest BCUT2D eigenvalue weighted by Crippen LogP contribution is -2.16. The van der Waals surface area contributed by atoms with E-state index in [1.807, 2.05) is 13.1 Å². The van der Waals surface area contributed by atoms with Gasteiger partial charge in [-0.2, -0.15) is 0 Å². The fraction of sp³-hybridized carbons (Fsp3) is 0.583. The number of pyridine rings is 1. The van der Waals surface area contributed by atoms with Gasteiger partial charge in [-0.1, -0.05) is 27.2 Å². The zero-order chi connectivity index (χ0) is 9.90. The molecule has 72 valence electrons. The van der Waals surface area contributed by atoms with Crippen LogP contribution in [0.2, 0.25) is 0 Å². The average molecular weight is 177 g/mol. The highest BCUT2D eigenvalue weighted by molar-refractivity contribution is 5.23. The summed E-state index contributed by atoms with van der Waals surface area (Å²) in [5, 5.41) is 0. The van der Waals surface area contributed by atoms with Crippen LogP contribution in [0.25, 0.3) is 0 Å². The molecule has 1 rings (SSSR count). The highest BCUT2D eigenvalue weighted by Crippen LogP contribution is 2.27. The molecule has 0 unspecified atom stereocenters. The van der Waals surface area contributed by atoms with Crippen molar-refractivity contribution in [2.75, 3.05) is 0 Å². The molecule has 0 N–H and O–H groups in total. The Labute approximate surface area is 81.2 Å². The minimum atomic E-state index is 0.294.